The number of hydrogen-bond donors (Lipinski definition) is 2. The third-order valence-electron chi connectivity index (χ3n) is 3.77. The number of para-hydroxylation sites is 1. The lowest BCUT2D eigenvalue weighted by Gasteiger charge is -2.09. The summed E-state index contributed by atoms with van der Waals surface area (Å²) >= 11 is 1.40. The van der Waals surface area contributed by atoms with E-state index in [0.717, 1.165) is 33.5 Å². The molecule has 2 aromatic carbocycles. The Hall–Kier alpha value is -2.73. The molecule has 0 saturated carbocycles. The second kappa shape index (κ2) is 7.44. The van der Waals surface area contributed by atoms with Gasteiger partial charge in [-0.25, -0.2) is 4.98 Å². The minimum Gasteiger partial charge on any atom is -0.326 e. The fourth-order valence-electron chi connectivity index (χ4n) is 2.61. The summed E-state index contributed by atoms with van der Waals surface area (Å²) in [6.45, 7) is 3.52. The SMILES string of the molecule is CCc1ccccc1NC(=O)Cc1ccc2nc(NC(C)=O)sc2c1. The summed E-state index contributed by atoms with van der Waals surface area (Å²) < 4.78 is 0.947. The molecule has 1 heterocycles. The van der Waals surface area contributed by atoms with E-state index in [4.69, 9.17) is 0 Å². The molecular weight excluding hydrogens is 334 g/mol. The predicted molar refractivity (Wildman–Crippen MR) is 102 cm³/mol. The second-order valence-corrected chi connectivity index (χ2v) is 6.77. The highest BCUT2D eigenvalue weighted by molar-refractivity contribution is 7.22. The number of nitrogens with zero attached hydrogens (tertiary/aromatic N) is 1. The van der Waals surface area contributed by atoms with Crippen molar-refractivity contribution < 1.29 is 9.59 Å². The number of nitrogens with one attached hydrogen (secondary N) is 2. The Labute approximate surface area is 150 Å². The van der Waals surface area contributed by atoms with E-state index in [1.165, 1.54) is 18.3 Å². The molecule has 3 aromatic rings. The molecule has 0 atom stereocenters. The topological polar surface area (TPSA) is 71.1 Å². The summed E-state index contributed by atoms with van der Waals surface area (Å²) in [5, 5.41) is 6.24. The van der Waals surface area contributed by atoms with Gasteiger partial charge in [-0.15, -0.1) is 0 Å². The van der Waals surface area contributed by atoms with Crippen LogP contribution in [-0.4, -0.2) is 16.8 Å². The van der Waals surface area contributed by atoms with Crippen LogP contribution in [0.1, 0.15) is 25.0 Å². The molecule has 0 aliphatic carbocycles. The Morgan fingerprint density at radius 1 is 1.12 bits per heavy atom. The molecule has 6 heteroatoms. The fraction of sp³-hybridized carbons (Fsp3) is 0.211. The molecule has 0 radical (unpaired) electrons. The maximum absolute atomic E-state index is 12.4. The van der Waals surface area contributed by atoms with E-state index in [1.807, 2.05) is 42.5 Å². The highest BCUT2D eigenvalue weighted by atomic mass is 32.1. The molecule has 0 spiro atoms. The largest absolute Gasteiger partial charge is 0.326 e. The lowest BCUT2D eigenvalue weighted by Crippen LogP contribution is -2.15. The molecule has 0 aliphatic heterocycles. The summed E-state index contributed by atoms with van der Waals surface area (Å²) in [6.07, 6.45) is 1.16. The normalized spacial score (nSPS) is 10.6. The van der Waals surface area contributed by atoms with E-state index in [2.05, 4.69) is 22.5 Å². The Bertz CT molecular complexity index is 933. The first kappa shape index (κ1) is 17.1. The highest BCUT2D eigenvalue weighted by Gasteiger charge is 2.10. The van der Waals surface area contributed by atoms with Crippen LogP contribution in [0, 0.1) is 0 Å². The van der Waals surface area contributed by atoms with E-state index in [1.54, 1.807) is 0 Å². The zero-order chi connectivity index (χ0) is 17.8. The smallest absolute Gasteiger partial charge is 0.228 e. The Balaban J connectivity index is 1.73. The van der Waals surface area contributed by atoms with Crippen molar-refractivity contribution in [3.8, 4) is 0 Å². The van der Waals surface area contributed by atoms with Gasteiger partial charge >= 0.3 is 0 Å². The second-order valence-electron chi connectivity index (χ2n) is 5.74. The standard InChI is InChI=1S/C19H19N3O2S/c1-3-14-6-4-5-7-15(14)21-18(24)11-13-8-9-16-17(10-13)25-19(22-16)20-12(2)23/h4-10H,3,11H2,1-2H3,(H,21,24)(H,20,22,23). The Kier molecular flexibility index (Phi) is 5.09. The van der Waals surface area contributed by atoms with Crippen LogP contribution in [0.3, 0.4) is 0 Å². The van der Waals surface area contributed by atoms with Crippen LogP contribution in [0.5, 0.6) is 0 Å². The van der Waals surface area contributed by atoms with Gasteiger partial charge in [0.2, 0.25) is 11.8 Å². The molecule has 128 valence electrons. The van der Waals surface area contributed by atoms with Crippen molar-refractivity contribution in [3.05, 3.63) is 53.6 Å². The monoisotopic (exact) mass is 353 g/mol. The summed E-state index contributed by atoms with van der Waals surface area (Å²) in [5.41, 5.74) is 3.71. The van der Waals surface area contributed by atoms with Crippen molar-refractivity contribution in [2.45, 2.75) is 26.7 Å². The van der Waals surface area contributed by atoms with Gasteiger partial charge in [0.1, 0.15) is 0 Å². The van der Waals surface area contributed by atoms with Crippen molar-refractivity contribution in [2.75, 3.05) is 10.6 Å². The average molecular weight is 353 g/mol. The van der Waals surface area contributed by atoms with Gasteiger partial charge in [-0.1, -0.05) is 42.5 Å². The molecular formula is C19H19N3O2S. The number of carbonyl (C=O) groups is 2. The number of thiazole rings is 1. The van der Waals surface area contributed by atoms with Crippen LogP contribution in [-0.2, 0) is 22.4 Å². The van der Waals surface area contributed by atoms with Gasteiger partial charge in [-0.2, -0.15) is 0 Å². The molecule has 0 bridgehead atoms. The number of benzene rings is 2. The lowest BCUT2D eigenvalue weighted by atomic mass is 10.1. The summed E-state index contributed by atoms with van der Waals surface area (Å²) in [7, 11) is 0. The minimum atomic E-state index is -0.145. The van der Waals surface area contributed by atoms with Crippen molar-refractivity contribution >= 4 is 44.2 Å². The van der Waals surface area contributed by atoms with E-state index >= 15 is 0 Å². The first-order chi connectivity index (χ1) is 12.0. The van der Waals surface area contributed by atoms with Crippen LogP contribution >= 0.6 is 11.3 Å². The molecule has 0 aliphatic rings. The van der Waals surface area contributed by atoms with Gasteiger partial charge in [0, 0.05) is 12.6 Å². The van der Waals surface area contributed by atoms with Gasteiger partial charge in [0.05, 0.1) is 16.6 Å². The van der Waals surface area contributed by atoms with E-state index in [9.17, 15) is 9.59 Å². The van der Waals surface area contributed by atoms with E-state index in [-0.39, 0.29) is 11.8 Å². The summed E-state index contributed by atoms with van der Waals surface area (Å²) in [5.74, 6) is -0.194. The van der Waals surface area contributed by atoms with E-state index in [0.29, 0.717) is 11.6 Å². The molecule has 3 rings (SSSR count). The molecule has 2 N–H and O–H groups in total. The number of anilines is 2. The number of amides is 2. The van der Waals surface area contributed by atoms with Crippen LogP contribution < -0.4 is 10.6 Å². The Morgan fingerprint density at radius 3 is 2.68 bits per heavy atom. The zero-order valence-corrected chi connectivity index (χ0v) is 14.9. The van der Waals surface area contributed by atoms with Crippen molar-refractivity contribution in [3.63, 3.8) is 0 Å². The number of aromatic nitrogens is 1. The Morgan fingerprint density at radius 2 is 1.92 bits per heavy atom. The molecule has 25 heavy (non-hydrogen) atoms. The molecule has 5 nitrogen and oxygen atoms in total. The number of hydrogen-bond acceptors (Lipinski definition) is 4. The van der Waals surface area contributed by atoms with E-state index < -0.39 is 0 Å². The first-order valence-electron chi connectivity index (χ1n) is 8.10. The van der Waals surface area contributed by atoms with Gasteiger partial charge in [-0.3, -0.25) is 9.59 Å². The van der Waals surface area contributed by atoms with Crippen LogP contribution in [0.2, 0.25) is 0 Å². The third kappa shape index (κ3) is 4.22. The number of aryl methyl sites for hydroxylation is 1. The van der Waals surface area contributed by atoms with Crippen LogP contribution in [0.4, 0.5) is 10.8 Å². The molecule has 1 aromatic heterocycles. The molecule has 0 saturated heterocycles. The number of rotatable bonds is 5. The van der Waals surface area contributed by atoms with Crippen LogP contribution in [0.25, 0.3) is 10.2 Å². The molecule has 0 unspecified atom stereocenters. The summed E-state index contributed by atoms with van der Waals surface area (Å²) in [4.78, 5) is 27.8. The number of fused-ring (bicyclic) bond motifs is 1. The van der Waals surface area contributed by atoms with Gasteiger partial charge in [0.15, 0.2) is 5.13 Å². The van der Waals surface area contributed by atoms with Gasteiger partial charge in [-0.05, 0) is 35.7 Å². The molecule has 0 fully saturated rings. The van der Waals surface area contributed by atoms with Crippen LogP contribution in [0.15, 0.2) is 42.5 Å². The average Bonchev–Trinajstić information content (AvgIpc) is 2.95. The van der Waals surface area contributed by atoms with Crippen molar-refractivity contribution in [1.29, 1.82) is 0 Å². The maximum Gasteiger partial charge on any atom is 0.228 e. The maximum atomic E-state index is 12.4. The quantitative estimate of drug-likeness (QED) is 0.728. The van der Waals surface area contributed by atoms with Crippen molar-refractivity contribution in [1.82, 2.24) is 4.98 Å². The fourth-order valence-corrected chi connectivity index (χ4v) is 3.59. The highest BCUT2D eigenvalue weighted by Crippen LogP contribution is 2.27. The third-order valence-corrected chi connectivity index (χ3v) is 4.71. The number of carbonyl (C=O) groups excluding carboxylic acids is 2. The molecule has 2 amide bonds. The van der Waals surface area contributed by atoms with Gasteiger partial charge in [0.25, 0.3) is 0 Å². The first-order valence-corrected chi connectivity index (χ1v) is 8.91. The minimum absolute atomic E-state index is 0.0492. The van der Waals surface area contributed by atoms with Gasteiger partial charge < -0.3 is 10.6 Å². The lowest BCUT2D eigenvalue weighted by molar-refractivity contribution is -0.116. The van der Waals surface area contributed by atoms with Crippen molar-refractivity contribution in [2.24, 2.45) is 0 Å². The predicted octanol–water partition coefficient (Wildman–Crippen LogP) is 4.00. The zero-order valence-electron chi connectivity index (χ0n) is 14.1. The summed E-state index contributed by atoms with van der Waals surface area (Å²) in [6, 6.07) is 13.5.